The van der Waals surface area contributed by atoms with Crippen LogP contribution >= 0.6 is 0 Å². The lowest BCUT2D eigenvalue weighted by molar-refractivity contribution is -0.122. The molecule has 3 atom stereocenters. The van der Waals surface area contributed by atoms with Gasteiger partial charge in [-0.25, -0.2) is 0 Å². The first-order valence-corrected chi connectivity index (χ1v) is 8.74. The van der Waals surface area contributed by atoms with Gasteiger partial charge in [0.1, 0.15) is 0 Å². The van der Waals surface area contributed by atoms with Gasteiger partial charge in [0.15, 0.2) is 0 Å². The summed E-state index contributed by atoms with van der Waals surface area (Å²) in [6.45, 7) is 11.7. The van der Waals surface area contributed by atoms with Crippen LogP contribution in [0.3, 0.4) is 0 Å². The van der Waals surface area contributed by atoms with Crippen molar-refractivity contribution in [1.29, 1.82) is 0 Å². The molecule has 0 fully saturated rings. The Kier molecular flexibility index (Phi) is 13.5. The molecule has 0 heterocycles. The number of hydrogen-bond donors (Lipinski definition) is 2. The summed E-state index contributed by atoms with van der Waals surface area (Å²) in [6.07, 6.45) is 0.913. The fourth-order valence-corrected chi connectivity index (χ4v) is 1.86. The van der Waals surface area contributed by atoms with Gasteiger partial charge in [0.2, 0.25) is 11.8 Å². The van der Waals surface area contributed by atoms with Crippen molar-refractivity contribution in [3.05, 3.63) is 0 Å². The molecule has 0 saturated carbocycles. The van der Waals surface area contributed by atoms with Gasteiger partial charge in [-0.05, 0) is 20.8 Å². The molecular weight excluding hydrogens is 312 g/mol. The summed E-state index contributed by atoms with van der Waals surface area (Å²) >= 11 is 0. The maximum Gasteiger partial charge on any atom is 0.220 e. The highest BCUT2D eigenvalue weighted by Crippen LogP contribution is 1.95. The van der Waals surface area contributed by atoms with Crippen molar-refractivity contribution >= 4 is 11.8 Å². The molecule has 2 N–H and O–H groups in total. The van der Waals surface area contributed by atoms with Crippen LogP contribution in [0.4, 0.5) is 0 Å². The van der Waals surface area contributed by atoms with E-state index in [9.17, 15) is 9.59 Å². The minimum Gasteiger partial charge on any atom is -0.377 e. The third-order valence-corrected chi connectivity index (χ3v) is 3.18. The molecule has 0 aromatic rings. The van der Waals surface area contributed by atoms with E-state index >= 15 is 0 Å². The number of amides is 2. The van der Waals surface area contributed by atoms with Gasteiger partial charge < -0.3 is 24.8 Å². The Labute approximate surface area is 145 Å². The zero-order valence-corrected chi connectivity index (χ0v) is 15.7. The highest BCUT2D eigenvalue weighted by Gasteiger charge is 2.08. The van der Waals surface area contributed by atoms with Crippen LogP contribution in [0.1, 0.15) is 47.5 Å². The van der Waals surface area contributed by atoms with E-state index in [0.29, 0.717) is 45.9 Å². The van der Waals surface area contributed by atoms with Gasteiger partial charge in [-0.3, -0.25) is 9.59 Å². The van der Waals surface area contributed by atoms with E-state index in [4.69, 9.17) is 14.2 Å². The lowest BCUT2D eigenvalue weighted by Gasteiger charge is -2.17. The first-order chi connectivity index (χ1) is 11.4. The van der Waals surface area contributed by atoms with Crippen LogP contribution in [-0.4, -0.2) is 63.0 Å². The number of carbonyl (C=O) groups is 2. The van der Waals surface area contributed by atoms with E-state index in [2.05, 4.69) is 10.6 Å². The number of ether oxygens (including phenoxy) is 3. The summed E-state index contributed by atoms with van der Waals surface area (Å²) in [4.78, 5) is 22.4. The predicted molar refractivity (Wildman–Crippen MR) is 92.8 cm³/mol. The van der Waals surface area contributed by atoms with E-state index in [-0.39, 0.29) is 30.0 Å². The Morgan fingerprint density at radius 1 is 0.792 bits per heavy atom. The van der Waals surface area contributed by atoms with Crippen LogP contribution in [0.15, 0.2) is 0 Å². The van der Waals surface area contributed by atoms with E-state index in [1.165, 1.54) is 0 Å². The molecule has 0 rings (SSSR count). The molecule has 0 aromatic heterocycles. The average Bonchev–Trinajstić information content (AvgIpc) is 2.54. The minimum atomic E-state index is -0.0418. The zero-order valence-electron chi connectivity index (χ0n) is 15.7. The van der Waals surface area contributed by atoms with Crippen LogP contribution in [0.5, 0.6) is 0 Å². The van der Waals surface area contributed by atoms with Crippen LogP contribution in [0.2, 0.25) is 0 Å². The van der Waals surface area contributed by atoms with E-state index in [0.717, 1.165) is 0 Å². The van der Waals surface area contributed by atoms with Crippen molar-refractivity contribution in [1.82, 2.24) is 10.6 Å². The van der Waals surface area contributed by atoms with Crippen LogP contribution in [-0.2, 0) is 23.8 Å². The van der Waals surface area contributed by atoms with Crippen molar-refractivity contribution in [3.63, 3.8) is 0 Å². The second kappa shape index (κ2) is 14.2. The number of rotatable bonds is 14. The normalized spacial score (nSPS) is 14.7. The summed E-state index contributed by atoms with van der Waals surface area (Å²) < 4.78 is 16.6. The molecule has 7 heteroatoms. The molecular formula is C17H34N2O5. The standard InChI is InChI=1S/C17H34N2O5/c1-6-16(20)18-13(3)10-22-8-9-24-15(5)12-23-11-14(4)19-17(21)7-2/h13-15H,6-12H2,1-5H3,(H,18,20)(H,19,21). The maximum absolute atomic E-state index is 11.2. The number of hydrogen-bond acceptors (Lipinski definition) is 5. The SMILES string of the molecule is CCC(=O)NC(C)COCCOC(C)COCC(C)NC(=O)CC. The minimum absolute atomic E-state index is 0.00183. The molecule has 0 saturated heterocycles. The molecule has 0 radical (unpaired) electrons. The fourth-order valence-electron chi connectivity index (χ4n) is 1.86. The van der Waals surface area contributed by atoms with E-state index < -0.39 is 0 Å². The van der Waals surface area contributed by atoms with Crippen molar-refractivity contribution in [2.75, 3.05) is 33.0 Å². The van der Waals surface area contributed by atoms with Gasteiger partial charge in [-0.1, -0.05) is 13.8 Å². The second-order valence-corrected chi connectivity index (χ2v) is 5.94. The Bertz CT molecular complexity index is 352. The first-order valence-electron chi connectivity index (χ1n) is 8.74. The monoisotopic (exact) mass is 346 g/mol. The van der Waals surface area contributed by atoms with Crippen LogP contribution < -0.4 is 10.6 Å². The Balaban J connectivity index is 3.54. The Morgan fingerprint density at radius 2 is 1.29 bits per heavy atom. The lowest BCUT2D eigenvalue weighted by atomic mass is 10.3. The molecule has 3 unspecified atom stereocenters. The second-order valence-electron chi connectivity index (χ2n) is 5.94. The van der Waals surface area contributed by atoms with Crippen LogP contribution in [0, 0.1) is 0 Å². The summed E-state index contributed by atoms with van der Waals surface area (Å²) in [7, 11) is 0. The topological polar surface area (TPSA) is 85.9 Å². The van der Waals surface area contributed by atoms with Gasteiger partial charge >= 0.3 is 0 Å². The predicted octanol–water partition coefficient (Wildman–Crippen LogP) is 1.25. The highest BCUT2D eigenvalue weighted by atomic mass is 16.5. The Hall–Kier alpha value is -1.18. The van der Waals surface area contributed by atoms with Crippen molar-refractivity contribution in [2.24, 2.45) is 0 Å². The van der Waals surface area contributed by atoms with Crippen molar-refractivity contribution in [3.8, 4) is 0 Å². The van der Waals surface area contributed by atoms with Crippen molar-refractivity contribution < 1.29 is 23.8 Å². The highest BCUT2D eigenvalue weighted by molar-refractivity contribution is 5.76. The van der Waals surface area contributed by atoms with Gasteiger partial charge in [0, 0.05) is 24.9 Å². The summed E-state index contributed by atoms with van der Waals surface area (Å²) in [5, 5.41) is 5.67. The molecule has 0 bridgehead atoms. The summed E-state index contributed by atoms with van der Waals surface area (Å²) in [6, 6.07) is -0.00849. The molecule has 0 aliphatic rings. The molecule has 0 aliphatic heterocycles. The average molecular weight is 346 g/mol. The number of nitrogens with one attached hydrogen (secondary N) is 2. The van der Waals surface area contributed by atoms with Gasteiger partial charge in [0.05, 0.1) is 39.1 Å². The molecule has 7 nitrogen and oxygen atoms in total. The molecule has 0 aromatic carbocycles. The third kappa shape index (κ3) is 13.3. The van der Waals surface area contributed by atoms with Crippen molar-refractivity contribution in [2.45, 2.75) is 65.6 Å². The Morgan fingerprint density at radius 3 is 1.79 bits per heavy atom. The molecule has 24 heavy (non-hydrogen) atoms. The van der Waals surface area contributed by atoms with Gasteiger partial charge in [-0.15, -0.1) is 0 Å². The third-order valence-electron chi connectivity index (χ3n) is 3.18. The molecule has 0 spiro atoms. The zero-order chi connectivity index (χ0) is 18.4. The smallest absolute Gasteiger partial charge is 0.220 e. The lowest BCUT2D eigenvalue weighted by Crippen LogP contribution is -2.36. The van der Waals surface area contributed by atoms with Crippen LogP contribution in [0.25, 0.3) is 0 Å². The molecule has 0 aliphatic carbocycles. The van der Waals surface area contributed by atoms with Gasteiger partial charge in [0.25, 0.3) is 0 Å². The first kappa shape index (κ1) is 22.8. The summed E-state index contributed by atoms with van der Waals surface area (Å²) in [5.74, 6) is 0.0503. The maximum atomic E-state index is 11.2. The fraction of sp³-hybridized carbons (Fsp3) is 0.882. The van der Waals surface area contributed by atoms with E-state index in [1.807, 2.05) is 34.6 Å². The quantitative estimate of drug-likeness (QED) is 0.462. The van der Waals surface area contributed by atoms with Gasteiger partial charge in [-0.2, -0.15) is 0 Å². The summed E-state index contributed by atoms with van der Waals surface area (Å²) in [5.41, 5.74) is 0. The molecule has 2 amide bonds. The number of carbonyl (C=O) groups excluding carboxylic acids is 2. The van der Waals surface area contributed by atoms with E-state index in [1.54, 1.807) is 0 Å². The molecule has 142 valence electrons. The largest absolute Gasteiger partial charge is 0.377 e.